The fourth-order valence-electron chi connectivity index (χ4n) is 1.48. The smallest absolute Gasteiger partial charge is 0.227 e. The van der Waals surface area contributed by atoms with E-state index in [2.05, 4.69) is 10.1 Å². The topological polar surface area (TPSA) is 79.6 Å². The molecule has 5 nitrogen and oxygen atoms in total. The van der Waals surface area contributed by atoms with Crippen LogP contribution in [0.1, 0.15) is 5.56 Å². The van der Waals surface area contributed by atoms with Gasteiger partial charge in [0.05, 0.1) is 4.90 Å². The van der Waals surface area contributed by atoms with Gasteiger partial charge in [-0.15, -0.1) is 0 Å². The molecule has 19 heavy (non-hydrogen) atoms. The highest BCUT2D eigenvalue weighted by molar-refractivity contribution is 8.07. The van der Waals surface area contributed by atoms with Gasteiger partial charge in [0.2, 0.25) is 14.9 Å². The zero-order valence-electron chi connectivity index (χ0n) is 9.56. The van der Waals surface area contributed by atoms with Crippen molar-refractivity contribution in [2.45, 2.75) is 4.90 Å². The molecule has 98 valence electrons. The monoisotopic (exact) mass is 296 g/mol. The van der Waals surface area contributed by atoms with Gasteiger partial charge in [0.25, 0.3) is 0 Å². The molecule has 0 aliphatic rings. The van der Waals surface area contributed by atoms with Crippen molar-refractivity contribution in [1.82, 2.24) is 4.98 Å². The first-order valence-electron chi connectivity index (χ1n) is 5.19. The Labute approximate surface area is 115 Å². The number of rotatable bonds is 2. The van der Waals surface area contributed by atoms with Crippen molar-refractivity contribution in [1.29, 1.82) is 0 Å². The lowest BCUT2D eigenvalue weighted by Gasteiger charge is -2.06. The molecule has 0 unspecified atom stereocenters. The van der Waals surface area contributed by atoms with Crippen LogP contribution >= 0.6 is 11.6 Å². The molecule has 0 aliphatic heterocycles. The molecule has 1 aromatic heterocycles. The largest absolute Gasteiger partial charge is 0.410 e. The highest BCUT2D eigenvalue weighted by atomic mass is 35.5. The van der Waals surface area contributed by atoms with E-state index < -0.39 is 14.9 Å². The Morgan fingerprint density at radius 1 is 1.21 bits per heavy atom. The predicted molar refractivity (Wildman–Crippen MR) is 71.2 cm³/mol. The second-order valence-electron chi connectivity index (χ2n) is 3.60. The standard InChI is InChI=1S/C12H9ClN2O3S/c13-10-3-5-11(6-4-10)19(17,18)12(15-16)9-2-1-7-14-8-9/h1-8,16H. The Hall–Kier alpha value is -1.92. The van der Waals surface area contributed by atoms with Gasteiger partial charge in [-0.2, -0.15) is 0 Å². The molecule has 1 heterocycles. The summed E-state index contributed by atoms with van der Waals surface area (Å²) in [7, 11) is -3.92. The summed E-state index contributed by atoms with van der Waals surface area (Å²) in [6.45, 7) is 0. The minimum atomic E-state index is -3.92. The van der Waals surface area contributed by atoms with E-state index in [9.17, 15) is 8.42 Å². The van der Waals surface area contributed by atoms with Crippen molar-refractivity contribution >= 4 is 26.5 Å². The maximum atomic E-state index is 12.3. The number of hydrogen-bond donors (Lipinski definition) is 1. The lowest BCUT2D eigenvalue weighted by molar-refractivity contribution is 0.320. The number of aromatic nitrogens is 1. The van der Waals surface area contributed by atoms with Crippen LogP contribution in [0, 0.1) is 0 Å². The summed E-state index contributed by atoms with van der Waals surface area (Å²) in [4.78, 5) is 3.79. The number of nitrogens with zero attached hydrogens (tertiary/aromatic N) is 2. The van der Waals surface area contributed by atoms with Crippen LogP contribution in [0.25, 0.3) is 0 Å². The molecule has 0 saturated heterocycles. The number of hydrogen-bond acceptors (Lipinski definition) is 5. The summed E-state index contributed by atoms with van der Waals surface area (Å²) in [5.41, 5.74) is 0.208. The van der Waals surface area contributed by atoms with Crippen molar-refractivity contribution in [2.24, 2.45) is 5.16 Å². The summed E-state index contributed by atoms with van der Waals surface area (Å²) < 4.78 is 24.6. The molecule has 0 amide bonds. The zero-order valence-corrected chi connectivity index (χ0v) is 11.1. The lowest BCUT2D eigenvalue weighted by atomic mass is 10.3. The number of oxime groups is 1. The highest BCUT2D eigenvalue weighted by Crippen LogP contribution is 2.19. The summed E-state index contributed by atoms with van der Waals surface area (Å²) in [6, 6.07) is 8.64. The molecule has 0 bridgehead atoms. The van der Waals surface area contributed by atoms with E-state index in [4.69, 9.17) is 16.8 Å². The summed E-state index contributed by atoms with van der Waals surface area (Å²) in [6.07, 6.45) is 2.80. The van der Waals surface area contributed by atoms with Crippen LogP contribution in [-0.2, 0) is 9.84 Å². The summed E-state index contributed by atoms with van der Waals surface area (Å²) in [5, 5.41) is 11.8. The van der Waals surface area contributed by atoms with Gasteiger partial charge in [0.1, 0.15) is 0 Å². The Morgan fingerprint density at radius 3 is 2.42 bits per heavy atom. The molecular weight excluding hydrogens is 288 g/mol. The third kappa shape index (κ3) is 2.74. The molecule has 2 aromatic rings. The number of benzene rings is 1. The third-order valence-corrected chi connectivity index (χ3v) is 4.35. The number of pyridine rings is 1. The van der Waals surface area contributed by atoms with Crippen molar-refractivity contribution in [2.75, 3.05) is 0 Å². The van der Waals surface area contributed by atoms with Gasteiger partial charge in [0, 0.05) is 23.0 Å². The molecule has 0 fully saturated rings. The van der Waals surface area contributed by atoms with Crippen LogP contribution in [0.4, 0.5) is 0 Å². The molecule has 0 atom stereocenters. The van der Waals surface area contributed by atoms with Gasteiger partial charge >= 0.3 is 0 Å². The number of sulfone groups is 1. The first-order valence-corrected chi connectivity index (χ1v) is 7.05. The Bertz CT molecular complexity index is 698. The van der Waals surface area contributed by atoms with Crippen molar-refractivity contribution in [3.05, 3.63) is 59.4 Å². The summed E-state index contributed by atoms with van der Waals surface area (Å²) >= 11 is 5.71. The van der Waals surface area contributed by atoms with Gasteiger partial charge in [-0.25, -0.2) is 8.42 Å². The second-order valence-corrected chi connectivity index (χ2v) is 5.91. The van der Waals surface area contributed by atoms with Crippen LogP contribution in [0.2, 0.25) is 5.02 Å². The number of halogens is 1. The molecule has 0 saturated carbocycles. The Morgan fingerprint density at radius 2 is 1.89 bits per heavy atom. The van der Waals surface area contributed by atoms with Crippen molar-refractivity contribution in [3.8, 4) is 0 Å². The molecule has 0 aliphatic carbocycles. The van der Waals surface area contributed by atoms with E-state index in [1.165, 1.54) is 42.7 Å². The highest BCUT2D eigenvalue weighted by Gasteiger charge is 2.25. The molecule has 1 aromatic carbocycles. The normalized spacial score (nSPS) is 12.4. The van der Waals surface area contributed by atoms with E-state index in [1.807, 2.05) is 0 Å². The van der Waals surface area contributed by atoms with E-state index in [1.54, 1.807) is 6.07 Å². The maximum Gasteiger partial charge on any atom is 0.227 e. The van der Waals surface area contributed by atoms with E-state index in [0.29, 0.717) is 5.02 Å². The second kappa shape index (κ2) is 5.38. The SMILES string of the molecule is O=S(=O)(C(=NO)c1cccnc1)c1ccc(Cl)cc1. The van der Waals surface area contributed by atoms with Gasteiger partial charge in [0.15, 0.2) is 0 Å². The molecule has 1 N–H and O–H groups in total. The van der Waals surface area contributed by atoms with E-state index in [0.717, 1.165) is 0 Å². The molecule has 0 spiro atoms. The molecule has 7 heteroatoms. The minimum absolute atomic E-state index is 0.00597. The Balaban J connectivity index is 2.52. The van der Waals surface area contributed by atoms with Crippen LogP contribution in [0.3, 0.4) is 0 Å². The first-order chi connectivity index (χ1) is 9.05. The van der Waals surface area contributed by atoms with Crippen molar-refractivity contribution < 1.29 is 13.6 Å². The molecular formula is C12H9ClN2O3S. The van der Waals surface area contributed by atoms with Crippen LogP contribution in [-0.4, -0.2) is 23.7 Å². The minimum Gasteiger partial charge on any atom is -0.410 e. The van der Waals surface area contributed by atoms with E-state index >= 15 is 0 Å². The van der Waals surface area contributed by atoms with Gasteiger partial charge < -0.3 is 5.21 Å². The fraction of sp³-hybridized carbons (Fsp3) is 0. The third-order valence-electron chi connectivity index (χ3n) is 2.38. The van der Waals surface area contributed by atoms with Gasteiger partial charge in [-0.1, -0.05) is 16.8 Å². The lowest BCUT2D eigenvalue weighted by Crippen LogP contribution is -2.16. The summed E-state index contributed by atoms with van der Waals surface area (Å²) in [5.74, 6) is 0. The Kier molecular flexibility index (Phi) is 3.82. The van der Waals surface area contributed by atoms with Crippen LogP contribution in [0.5, 0.6) is 0 Å². The van der Waals surface area contributed by atoms with Crippen LogP contribution in [0.15, 0.2) is 58.8 Å². The van der Waals surface area contributed by atoms with Crippen LogP contribution < -0.4 is 0 Å². The van der Waals surface area contributed by atoms with Crippen molar-refractivity contribution in [3.63, 3.8) is 0 Å². The fourth-order valence-corrected chi connectivity index (χ4v) is 2.86. The van der Waals surface area contributed by atoms with E-state index in [-0.39, 0.29) is 10.5 Å². The quantitative estimate of drug-likeness (QED) is 0.399. The molecule has 0 radical (unpaired) electrons. The molecule has 2 rings (SSSR count). The first kappa shape index (κ1) is 13.5. The average molecular weight is 297 g/mol. The average Bonchev–Trinajstić information content (AvgIpc) is 2.41. The van der Waals surface area contributed by atoms with Gasteiger partial charge in [-0.3, -0.25) is 4.98 Å². The zero-order chi connectivity index (χ0) is 13.9. The maximum absolute atomic E-state index is 12.3. The predicted octanol–water partition coefficient (Wildman–Crippen LogP) is 2.34. The van der Waals surface area contributed by atoms with Gasteiger partial charge in [-0.05, 0) is 36.4 Å².